The quantitative estimate of drug-likeness (QED) is 0.901. The van der Waals surface area contributed by atoms with Crippen molar-refractivity contribution in [2.24, 2.45) is 5.41 Å². The molecule has 0 amide bonds. The molecule has 1 saturated carbocycles. The van der Waals surface area contributed by atoms with E-state index in [0.717, 1.165) is 31.5 Å². The lowest BCUT2D eigenvalue weighted by Gasteiger charge is -2.38. The molecule has 0 bridgehead atoms. The van der Waals surface area contributed by atoms with Crippen molar-refractivity contribution in [2.75, 3.05) is 18.0 Å². The van der Waals surface area contributed by atoms with Crippen LogP contribution in [0, 0.1) is 5.41 Å². The van der Waals surface area contributed by atoms with E-state index in [4.69, 9.17) is 0 Å². The standard InChI is InChI=1S/C16H25N3/c1-16(2)8-3-9-19(12-16)15-7-4-13(11-18-15)10-17-14-5-6-14/h4,7,11,14,17H,3,5-6,8-10,12H2,1-2H3. The van der Waals surface area contributed by atoms with Gasteiger partial charge in [0.25, 0.3) is 0 Å². The molecule has 19 heavy (non-hydrogen) atoms. The molecule has 0 unspecified atom stereocenters. The molecule has 2 aliphatic rings. The Morgan fingerprint density at radius 2 is 2.21 bits per heavy atom. The Morgan fingerprint density at radius 1 is 1.37 bits per heavy atom. The minimum absolute atomic E-state index is 0.423. The number of aromatic nitrogens is 1. The van der Waals surface area contributed by atoms with Crippen molar-refractivity contribution in [2.45, 2.75) is 52.1 Å². The third kappa shape index (κ3) is 3.47. The molecule has 1 aromatic heterocycles. The third-order valence-corrected chi connectivity index (χ3v) is 4.21. The molecule has 3 rings (SSSR count). The molecule has 0 atom stereocenters. The molecule has 1 N–H and O–H groups in total. The van der Waals surface area contributed by atoms with Crippen LogP contribution in [-0.4, -0.2) is 24.1 Å². The zero-order valence-electron chi connectivity index (χ0n) is 12.2. The largest absolute Gasteiger partial charge is 0.356 e. The fourth-order valence-electron chi connectivity index (χ4n) is 2.88. The molecule has 1 aromatic rings. The lowest BCUT2D eigenvalue weighted by Crippen LogP contribution is -2.40. The topological polar surface area (TPSA) is 28.2 Å². The Kier molecular flexibility index (Phi) is 3.48. The van der Waals surface area contributed by atoms with Gasteiger partial charge in [-0.05, 0) is 42.7 Å². The summed E-state index contributed by atoms with van der Waals surface area (Å²) in [5.74, 6) is 1.14. The van der Waals surface area contributed by atoms with Crippen molar-refractivity contribution in [3.8, 4) is 0 Å². The first-order chi connectivity index (χ1) is 9.12. The molecule has 3 heteroatoms. The minimum Gasteiger partial charge on any atom is -0.356 e. The van der Waals surface area contributed by atoms with E-state index in [1.165, 1.54) is 31.2 Å². The molecular weight excluding hydrogens is 234 g/mol. The van der Waals surface area contributed by atoms with E-state index in [1.807, 2.05) is 6.20 Å². The minimum atomic E-state index is 0.423. The third-order valence-electron chi connectivity index (χ3n) is 4.21. The summed E-state index contributed by atoms with van der Waals surface area (Å²) in [6.07, 6.45) is 7.32. The number of rotatable bonds is 4. The van der Waals surface area contributed by atoms with Gasteiger partial charge in [-0.1, -0.05) is 19.9 Å². The SMILES string of the molecule is CC1(C)CCCN(c2ccc(CNC3CC3)cn2)C1. The molecule has 3 nitrogen and oxygen atoms in total. The average Bonchev–Trinajstić information content (AvgIpc) is 3.20. The lowest BCUT2D eigenvalue weighted by molar-refractivity contribution is 0.292. The first-order valence-corrected chi connectivity index (χ1v) is 7.56. The summed E-state index contributed by atoms with van der Waals surface area (Å²) in [4.78, 5) is 7.08. The molecule has 1 saturated heterocycles. The predicted molar refractivity (Wildman–Crippen MR) is 79.3 cm³/mol. The van der Waals surface area contributed by atoms with Crippen LogP contribution in [0.25, 0.3) is 0 Å². The Hall–Kier alpha value is -1.09. The first-order valence-electron chi connectivity index (χ1n) is 7.56. The van der Waals surface area contributed by atoms with Crippen molar-refractivity contribution in [3.63, 3.8) is 0 Å². The second-order valence-corrected chi connectivity index (χ2v) is 6.87. The van der Waals surface area contributed by atoms with Crippen LogP contribution in [0.3, 0.4) is 0 Å². The Labute approximate surface area is 116 Å². The molecule has 2 heterocycles. The predicted octanol–water partition coefficient (Wildman–Crippen LogP) is 2.96. The van der Waals surface area contributed by atoms with Crippen molar-refractivity contribution in [3.05, 3.63) is 23.9 Å². The maximum Gasteiger partial charge on any atom is 0.128 e. The monoisotopic (exact) mass is 259 g/mol. The summed E-state index contributed by atoms with van der Waals surface area (Å²) < 4.78 is 0. The van der Waals surface area contributed by atoms with Crippen LogP contribution in [-0.2, 0) is 6.54 Å². The first kappa shape index (κ1) is 12.9. The number of nitrogens with zero attached hydrogens (tertiary/aromatic N) is 2. The lowest BCUT2D eigenvalue weighted by atomic mass is 9.84. The van der Waals surface area contributed by atoms with Crippen LogP contribution in [0.4, 0.5) is 5.82 Å². The van der Waals surface area contributed by atoms with Crippen LogP contribution >= 0.6 is 0 Å². The molecule has 2 fully saturated rings. The Balaban J connectivity index is 1.61. The number of pyridine rings is 1. The summed E-state index contributed by atoms with van der Waals surface area (Å²) in [6, 6.07) is 5.17. The van der Waals surface area contributed by atoms with E-state index in [1.54, 1.807) is 0 Å². The van der Waals surface area contributed by atoms with Crippen molar-refractivity contribution < 1.29 is 0 Å². The average molecular weight is 259 g/mol. The molecule has 0 spiro atoms. The van der Waals surface area contributed by atoms with Crippen LogP contribution in [0.5, 0.6) is 0 Å². The fraction of sp³-hybridized carbons (Fsp3) is 0.688. The van der Waals surface area contributed by atoms with Gasteiger partial charge in [-0.25, -0.2) is 4.98 Å². The summed E-state index contributed by atoms with van der Waals surface area (Å²) in [7, 11) is 0. The highest BCUT2D eigenvalue weighted by molar-refractivity contribution is 5.40. The van der Waals surface area contributed by atoms with Gasteiger partial charge in [0, 0.05) is 31.9 Å². The summed E-state index contributed by atoms with van der Waals surface area (Å²) in [5.41, 5.74) is 1.72. The van der Waals surface area contributed by atoms with Crippen LogP contribution in [0.15, 0.2) is 18.3 Å². The molecule has 0 radical (unpaired) electrons. The zero-order chi connectivity index (χ0) is 13.3. The van der Waals surface area contributed by atoms with E-state index in [-0.39, 0.29) is 0 Å². The van der Waals surface area contributed by atoms with Gasteiger partial charge in [0.05, 0.1) is 0 Å². The van der Waals surface area contributed by atoms with Gasteiger partial charge in [0.2, 0.25) is 0 Å². The van der Waals surface area contributed by atoms with E-state index < -0.39 is 0 Å². The van der Waals surface area contributed by atoms with Crippen LogP contribution in [0.2, 0.25) is 0 Å². The second-order valence-electron chi connectivity index (χ2n) is 6.87. The zero-order valence-corrected chi connectivity index (χ0v) is 12.2. The smallest absolute Gasteiger partial charge is 0.128 e. The number of hydrogen-bond acceptors (Lipinski definition) is 3. The molecule has 1 aliphatic heterocycles. The number of anilines is 1. The highest BCUT2D eigenvalue weighted by atomic mass is 15.2. The normalized spacial score (nSPS) is 22.5. The Morgan fingerprint density at radius 3 is 2.84 bits per heavy atom. The van der Waals surface area contributed by atoms with Gasteiger partial charge in [-0.15, -0.1) is 0 Å². The summed E-state index contributed by atoms with van der Waals surface area (Å²) in [5, 5.41) is 3.53. The highest BCUT2D eigenvalue weighted by Crippen LogP contribution is 2.30. The molecule has 1 aliphatic carbocycles. The maximum atomic E-state index is 4.65. The van der Waals surface area contributed by atoms with Crippen molar-refractivity contribution in [1.29, 1.82) is 0 Å². The Bertz CT molecular complexity index is 420. The summed E-state index contributed by atoms with van der Waals surface area (Å²) in [6.45, 7) is 7.94. The maximum absolute atomic E-state index is 4.65. The molecule has 104 valence electrons. The molecule has 0 aromatic carbocycles. The van der Waals surface area contributed by atoms with Gasteiger partial charge in [0.15, 0.2) is 0 Å². The van der Waals surface area contributed by atoms with E-state index in [0.29, 0.717) is 5.41 Å². The van der Waals surface area contributed by atoms with Gasteiger partial charge < -0.3 is 10.2 Å². The van der Waals surface area contributed by atoms with Gasteiger partial charge >= 0.3 is 0 Å². The fourth-order valence-corrected chi connectivity index (χ4v) is 2.88. The highest BCUT2D eigenvalue weighted by Gasteiger charge is 2.27. The number of hydrogen-bond donors (Lipinski definition) is 1. The second kappa shape index (κ2) is 5.12. The van der Waals surface area contributed by atoms with E-state index in [9.17, 15) is 0 Å². The number of nitrogens with one attached hydrogen (secondary N) is 1. The molecular formula is C16H25N3. The van der Waals surface area contributed by atoms with Gasteiger partial charge in [-0.2, -0.15) is 0 Å². The number of piperidine rings is 1. The van der Waals surface area contributed by atoms with Crippen molar-refractivity contribution in [1.82, 2.24) is 10.3 Å². The summed E-state index contributed by atoms with van der Waals surface area (Å²) >= 11 is 0. The van der Waals surface area contributed by atoms with E-state index in [2.05, 4.69) is 41.2 Å². The van der Waals surface area contributed by atoms with Crippen LogP contribution < -0.4 is 10.2 Å². The van der Waals surface area contributed by atoms with Gasteiger partial charge in [-0.3, -0.25) is 0 Å². The van der Waals surface area contributed by atoms with Gasteiger partial charge in [0.1, 0.15) is 5.82 Å². The van der Waals surface area contributed by atoms with E-state index >= 15 is 0 Å². The van der Waals surface area contributed by atoms with Crippen molar-refractivity contribution >= 4 is 5.82 Å². The van der Waals surface area contributed by atoms with Crippen LogP contribution in [0.1, 0.15) is 45.1 Å².